The molecule has 1 N–H and O–H groups in total. The van der Waals surface area contributed by atoms with Crippen LogP contribution in [0.2, 0.25) is 0 Å². The molecule has 19 heavy (non-hydrogen) atoms. The van der Waals surface area contributed by atoms with Crippen LogP contribution >= 0.6 is 0 Å². The van der Waals surface area contributed by atoms with Gasteiger partial charge in [0.05, 0.1) is 12.6 Å². The highest BCUT2D eigenvalue weighted by Gasteiger charge is 2.17. The lowest BCUT2D eigenvalue weighted by Gasteiger charge is -2.30. The Hall–Kier alpha value is -1.36. The number of hydrogen-bond donors (Lipinski definition) is 1. The van der Waals surface area contributed by atoms with Crippen molar-refractivity contribution in [3.63, 3.8) is 0 Å². The first-order valence-electron chi connectivity index (χ1n) is 6.97. The maximum Gasteiger partial charge on any atom is 0.224 e. The topological polar surface area (TPSA) is 50.3 Å². The molecule has 0 saturated heterocycles. The van der Waals surface area contributed by atoms with Gasteiger partial charge in [-0.2, -0.15) is 4.98 Å². The molecule has 0 fully saturated rings. The normalized spacial score (nSPS) is 12.3. The molecular formula is C14H26N4O. The zero-order valence-electron chi connectivity index (χ0n) is 12.7. The number of rotatable bonds is 8. The summed E-state index contributed by atoms with van der Waals surface area (Å²) >= 11 is 0. The number of aromatic nitrogens is 2. The summed E-state index contributed by atoms with van der Waals surface area (Å²) in [6.07, 6.45) is 2.94. The van der Waals surface area contributed by atoms with Gasteiger partial charge in [-0.05, 0) is 27.2 Å². The lowest BCUT2D eigenvalue weighted by Crippen LogP contribution is -2.37. The van der Waals surface area contributed by atoms with Crippen LogP contribution in [-0.2, 0) is 4.74 Å². The Kier molecular flexibility index (Phi) is 6.56. The van der Waals surface area contributed by atoms with Crippen molar-refractivity contribution in [2.45, 2.75) is 40.2 Å². The van der Waals surface area contributed by atoms with Crippen molar-refractivity contribution >= 4 is 11.8 Å². The molecule has 0 bridgehead atoms. The summed E-state index contributed by atoms with van der Waals surface area (Å²) in [6, 6.07) is 0.294. The number of nitrogens with zero attached hydrogens (tertiary/aromatic N) is 3. The van der Waals surface area contributed by atoms with Crippen molar-refractivity contribution in [1.29, 1.82) is 0 Å². The van der Waals surface area contributed by atoms with Gasteiger partial charge in [-0.15, -0.1) is 0 Å². The fraction of sp³-hybridized carbons (Fsp3) is 0.714. The number of nitrogens with one attached hydrogen (secondary N) is 1. The van der Waals surface area contributed by atoms with Crippen LogP contribution in [0.25, 0.3) is 0 Å². The summed E-state index contributed by atoms with van der Waals surface area (Å²) in [5.74, 6) is 1.69. The maximum atomic E-state index is 5.24. The lowest BCUT2D eigenvalue weighted by molar-refractivity contribution is 0.181. The highest BCUT2D eigenvalue weighted by molar-refractivity contribution is 5.49. The summed E-state index contributed by atoms with van der Waals surface area (Å²) in [7, 11) is 1.73. The first kappa shape index (κ1) is 15.7. The Morgan fingerprint density at radius 2 is 2.16 bits per heavy atom. The second-order valence-electron chi connectivity index (χ2n) is 4.72. The number of likely N-dealkylation sites (N-methyl/N-ethyl adjacent to an activating group) is 1. The molecular weight excluding hydrogens is 240 g/mol. The Bertz CT molecular complexity index is 384. The van der Waals surface area contributed by atoms with Crippen LogP contribution in [0.1, 0.15) is 32.8 Å². The highest BCUT2D eigenvalue weighted by Crippen LogP contribution is 2.20. The molecule has 1 atom stereocenters. The van der Waals surface area contributed by atoms with E-state index < -0.39 is 0 Å². The zero-order valence-corrected chi connectivity index (χ0v) is 12.7. The molecule has 0 aliphatic carbocycles. The van der Waals surface area contributed by atoms with E-state index in [-0.39, 0.29) is 0 Å². The molecule has 108 valence electrons. The van der Waals surface area contributed by atoms with Crippen LogP contribution in [0.4, 0.5) is 11.8 Å². The van der Waals surface area contributed by atoms with Crippen molar-refractivity contribution in [1.82, 2.24) is 9.97 Å². The average molecular weight is 266 g/mol. The third kappa shape index (κ3) is 4.35. The minimum absolute atomic E-state index is 0.294. The fourth-order valence-electron chi connectivity index (χ4n) is 2.05. The Morgan fingerprint density at radius 1 is 1.42 bits per heavy atom. The van der Waals surface area contributed by atoms with Crippen molar-refractivity contribution in [2.24, 2.45) is 0 Å². The molecule has 0 amide bonds. The minimum Gasteiger partial charge on any atom is -0.383 e. The molecule has 1 aromatic heterocycles. The smallest absolute Gasteiger partial charge is 0.224 e. The van der Waals surface area contributed by atoms with Gasteiger partial charge in [0.25, 0.3) is 0 Å². The fourth-order valence-corrected chi connectivity index (χ4v) is 2.05. The van der Waals surface area contributed by atoms with Crippen LogP contribution in [0, 0.1) is 6.92 Å². The molecule has 1 unspecified atom stereocenters. The zero-order chi connectivity index (χ0) is 14.3. The molecule has 0 saturated carbocycles. The van der Waals surface area contributed by atoms with Crippen molar-refractivity contribution in [3.05, 3.63) is 11.8 Å². The van der Waals surface area contributed by atoms with E-state index in [1.807, 2.05) is 13.1 Å². The predicted molar refractivity (Wildman–Crippen MR) is 79.9 cm³/mol. The lowest BCUT2D eigenvalue weighted by atomic mass is 10.2. The van der Waals surface area contributed by atoms with Crippen molar-refractivity contribution < 1.29 is 4.74 Å². The molecule has 0 aliphatic heterocycles. The van der Waals surface area contributed by atoms with Crippen LogP contribution in [-0.4, -0.2) is 42.8 Å². The molecule has 0 radical (unpaired) electrons. The minimum atomic E-state index is 0.294. The monoisotopic (exact) mass is 266 g/mol. The van der Waals surface area contributed by atoms with E-state index in [1.54, 1.807) is 7.11 Å². The summed E-state index contributed by atoms with van der Waals surface area (Å²) in [4.78, 5) is 11.2. The number of methoxy groups -OCH3 is 1. The van der Waals surface area contributed by atoms with Gasteiger partial charge < -0.3 is 15.0 Å². The van der Waals surface area contributed by atoms with Gasteiger partial charge in [0, 0.05) is 32.0 Å². The van der Waals surface area contributed by atoms with E-state index in [1.165, 1.54) is 0 Å². The van der Waals surface area contributed by atoms with E-state index in [9.17, 15) is 0 Å². The third-order valence-corrected chi connectivity index (χ3v) is 3.03. The Morgan fingerprint density at radius 3 is 2.74 bits per heavy atom. The van der Waals surface area contributed by atoms with E-state index >= 15 is 0 Å². The second kappa shape index (κ2) is 7.94. The number of anilines is 2. The molecule has 5 heteroatoms. The summed E-state index contributed by atoms with van der Waals surface area (Å²) in [6.45, 7) is 10.9. The van der Waals surface area contributed by atoms with Gasteiger partial charge in [-0.3, -0.25) is 0 Å². The molecule has 0 spiro atoms. The average Bonchev–Trinajstić information content (AvgIpc) is 2.40. The second-order valence-corrected chi connectivity index (χ2v) is 4.72. The largest absolute Gasteiger partial charge is 0.383 e. The predicted octanol–water partition coefficient (Wildman–Crippen LogP) is 2.47. The molecule has 1 heterocycles. The highest BCUT2D eigenvalue weighted by atomic mass is 16.5. The third-order valence-electron chi connectivity index (χ3n) is 3.03. The summed E-state index contributed by atoms with van der Waals surface area (Å²) in [5, 5.41) is 3.23. The standard InChI is InChI=1S/C14H26N4O/c1-6-8-15-14-16-9-11(3)13(17-14)18(7-2)12(4)10-19-5/h9,12H,6-8,10H2,1-5H3,(H,15,16,17). The number of ether oxygens (including phenoxy) is 1. The van der Waals surface area contributed by atoms with Gasteiger partial charge in [0.2, 0.25) is 5.95 Å². The molecule has 0 aliphatic rings. The van der Waals surface area contributed by atoms with Crippen LogP contribution in [0.5, 0.6) is 0 Å². The first-order valence-corrected chi connectivity index (χ1v) is 6.97. The van der Waals surface area contributed by atoms with Crippen LogP contribution in [0.3, 0.4) is 0 Å². The van der Waals surface area contributed by atoms with E-state index in [4.69, 9.17) is 4.74 Å². The van der Waals surface area contributed by atoms with E-state index in [0.717, 1.165) is 30.9 Å². The molecule has 0 aromatic carbocycles. The van der Waals surface area contributed by atoms with Crippen LogP contribution in [0.15, 0.2) is 6.20 Å². The summed E-state index contributed by atoms with van der Waals surface area (Å²) in [5.41, 5.74) is 1.09. The van der Waals surface area contributed by atoms with E-state index in [0.29, 0.717) is 18.6 Å². The molecule has 1 rings (SSSR count). The van der Waals surface area contributed by atoms with Gasteiger partial charge in [0.15, 0.2) is 0 Å². The van der Waals surface area contributed by atoms with Gasteiger partial charge in [-0.1, -0.05) is 6.92 Å². The summed E-state index contributed by atoms with van der Waals surface area (Å²) < 4.78 is 5.24. The maximum absolute atomic E-state index is 5.24. The van der Waals surface area contributed by atoms with Gasteiger partial charge >= 0.3 is 0 Å². The quantitative estimate of drug-likeness (QED) is 0.783. The van der Waals surface area contributed by atoms with Crippen molar-refractivity contribution in [2.75, 3.05) is 37.0 Å². The van der Waals surface area contributed by atoms with Gasteiger partial charge in [-0.25, -0.2) is 4.98 Å². The molecule has 5 nitrogen and oxygen atoms in total. The SMILES string of the molecule is CCCNc1ncc(C)c(N(CC)C(C)COC)n1. The van der Waals surface area contributed by atoms with Gasteiger partial charge in [0.1, 0.15) is 5.82 Å². The Labute approximate surface area is 116 Å². The van der Waals surface area contributed by atoms with Crippen molar-refractivity contribution in [3.8, 4) is 0 Å². The van der Waals surface area contributed by atoms with E-state index in [2.05, 4.69) is 41.0 Å². The first-order chi connectivity index (χ1) is 9.13. The number of hydrogen-bond acceptors (Lipinski definition) is 5. The Balaban J connectivity index is 2.94. The number of aryl methyl sites for hydroxylation is 1. The van der Waals surface area contributed by atoms with Crippen LogP contribution < -0.4 is 10.2 Å². The molecule has 1 aromatic rings.